The van der Waals surface area contributed by atoms with Gasteiger partial charge in [-0.1, -0.05) is 26.0 Å². The summed E-state index contributed by atoms with van der Waals surface area (Å²) in [5.74, 6) is -1.39. The van der Waals surface area contributed by atoms with Gasteiger partial charge < -0.3 is 4.74 Å². The molecule has 0 amide bonds. The van der Waals surface area contributed by atoms with Gasteiger partial charge in [0.1, 0.15) is 17.3 Å². The highest BCUT2D eigenvalue weighted by Crippen LogP contribution is 2.36. The lowest BCUT2D eigenvalue weighted by Crippen LogP contribution is -2.15. The van der Waals surface area contributed by atoms with Crippen molar-refractivity contribution < 1.29 is 18.3 Å². The maximum atomic E-state index is 13.5. The molecule has 0 saturated heterocycles. The monoisotopic (exact) mass is 382 g/mol. The highest BCUT2D eigenvalue weighted by Gasteiger charge is 2.26. The number of ether oxygens (including phenoxy) is 1. The maximum absolute atomic E-state index is 13.5. The summed E-state index contributed by atoms with van der Waals surface area (Å²) in [6.07, 6.45) is 0. The third kappa shape index (κ3) is 3.91. The summed E-state index contributed by atoms with van der Waals surface area (Å²) in [6.45, 7) is 5.73. The third-order valence-corrected chi connectivity index (χ3v) is 4.28. The van der Waals surface area contributed by atoms with E-state index in [9.17, 15) is 13.6 Å². The van der Waals surface area contributed by atoms with Gasteiger partial charge in [-0.3, -0.25) is 0 Å². The zero-order valence-corrected chi connectivity index (χ0v) is 15.9. The minimum absolute atomic E-state index is 0.0895. The molecule has 0 saturated carbocycles. The molecule has 1 heterocycles. The van der Waals surface area contributed by atoms with Gasteiger partial charge >= 0.3 is 5.97 Å². The number of carbonyl (C=O) groups is 1. The number of rotatable bonds is 5. The molecule has 4 nitrogen and oxygen atoms in total. The van der Waals surface area contributed by atoms with Crippen LogP contribution in [0.4, 0.5) is 8.78 Å². The van der Waals surface area contributed by atoms with Gasteiger partial charge in [0.05, 0.1) is 17.9 Å². The molecule has 3 rings (SSSR count). The number of hydrogen-bond donors (Lipinski definition) is 0. The fraction of sp³-hybridized carbons (Fsp3) is 0.227. The quantitative estimate of drug-likeness (QED) is 0.555. The molecule has 1 aromatic heterocycles. The second-order valence-corrected chi connectivity index (χ2v) is 6.57. The fourth-order valence-corrected chi connectivity index (χ4v) is 2.97. The van der Waals surface area contributed by atoms with E-state index in [1.807, 2.05) is 13.8 Å². The van der Waals surface area contributed by atoms with Gasteiger partial charge in [-0.2, -0.15) is 5.10 Å². The number of aromatic nitrogens is 2. The van der Waals surface area contributed by atoms with E-state index in [1.54, 1.807) is 31.2 Å². The molecule has 28 heavy (non-hydrogen) atoms. The molecule has 144 valence electrons. The molecule has 0 atom stereocenters. The van der Waals surface area contributed by atoms with Crippen LogP contribution < -0.4 is 0 Å². The van der Waals surface area contributed by atoms with Gasteiger partial charge in [0.15, 0.2) is 0 Å². The molecule has 0 bridgehead atoms. The first-order chi connectivity index (χ1) is 13.4. The topological polar surface area (TPSA) is 52.1 Å². The standard InChI is InChI=1S/C22H20F2N2O2/c1-4-28-22(27)19-18(14-5-9-16(23)10-6-14)21(26-25-20(19)13(2)3)15-7-11-17(24)12-8-15/h5-13H,4H2,1-3H3. The third-order valence-electron chi connectivity index (χ3n) is 4.28. The summed E-state index contributed by atoms with van der Waals surface area (Å²) in [7, 11) is 0. The molecular weight excluding hydrogens is 362 g/mol. The van der Waals surface area contributed by atoms with Crippen LogP contribution in [0.1, 0.15) is 42.7 Å². The Labute approximate surface area is 162 Å². The van der Waals surface area contributed by atoms with E-state index in [0.29, 0.717) is 28.1 Å². The highest BCUT2D eigenvalue weighted by molar-refractivity contribution is 6.02. The first-order valence-corrected chi connectivity index (χ1v) is 9.02. The summed E-state index contributed by atoms with van der Waals surface area (Å²) in [4.78, 5) is 12.8. The molecule has 0 N–H and O–H groups in total. The van der Waals surface area contributed by atoms with Crippen LogP contribution in [0.25, 0.3) is 22.4 Å². The van der Waals surface area contributed by atoms with E-state index >= 15 is 0 Å². The number of hydrogen-bond acceptors (Lipinski definition) is 4. The molecule has 0 spiro atoms. The van der Waals surface area contributed by atoms with Crippen LogP contribution >= 0.6 is 0 Å². The number of carbonyl (C=O) groups excluding carboxylic acids is 1. The summed E-state index contributed by atoms with van der Waals surface area (Å²) in [6, 6.07) is 11.5. The van der Waals surface area contributed by atoms with Crippen LogP contribution in [-0.4, -0.2) is 22.8 Å². The zero-order valence-electron chi connectivity index (χ0n) is 15.9. The predicted molar refractivity (Wildman–Crippen MR) is 103 cm³/mol. The Morgan fingerprint density at radius 1 is 0.929 bits per heavy atom. The average molecular weight is 382 g/mol. The van der Waals surface area contributed by atoms with Crippen molar-refractivity contribution in [2.45, 2.75) is 26.7 Å². The molecule has 6 heteroatoms. The lowest BCUT2D eigenvalue weighted by atomic mass is 9.91. The SMILES string of the molecule is CCOC(=O)c1c(C(C)C)nnc(-c2ccc(F)cc2)c1-c1ccc(F)cc1. The summed E-state index contributed by atoms with van der Waals surface area (Å²) in [5, 5.41) is 8.59. The molecule has 0 aliphatic heterocycles. The van der Waals surface area contributed by atoms with Crippen molar-refractivity contribution in [3.63, 3.8) is 0 Å². The molecule has 0 fully saturated rings. The van der Waals surface area contributed by atoms with Crippen LogP contribution in [0.5, 0.6) is 0 Å². The average Bonchev–Trinajstić information content (AvgIpc) is 2.68. The van der Waals surface area contributed by atoms with Gasteiger partial charge in [0, 0.05) is 11.1 Å². The van der Waals surface area contributed by atoms with E-state index in [1.165, 1.54) is 24.3 Å². The largest absolute Gasteiger partial charge is 0.462 e. The van der Waals surface area contributed by atoms with Gasteiger partial charge in [-0.05, 0) is 54.8 Å². The first-order valence-electron chi connectivity index (χ1n) is 9.02. The van der Waals surface area contributed by atoms with E-state index in [0.717, 1.165) is 0 Å². The van der Waals surface area contributed by atoms with E-state index < -0.39 is 11.8 Å². The van der Waals surface area contributed by atoms with Gasteiger partial charge in [-0.25, -0.2) is 13.6 Å². The van der Waals surface area contributed by atoms with Crippen molar-refractivity contribution in [3.05, 3.63) is 71.4 Å². The van der Waals surface area contributed by atoms with Crippen molar-refractivity contribution in [2.75, 3.05) is 6.61 Å². The Kier molecular flexibility index (Phi) is 5.78. The second-order valence-electron chi connectivity index (χ2n) is 6.57. The number of benzene rings is 2. The second kappa shape index (κ2) is 8.25. The van der Waals surface area contributed by atoms with Gasteiger partial charge in [0.2, 0.25) is 0 Å². The van der Waals surface area contributed by atoms with Gasteiger partial charge in [-0.15, -0.1) is 5.10 Å². The van der Waals surface area contributed by atoms with E-state index in [-0.39, 0.29) is 23.9 Å². The molecule has 0 radical (unpaired) electrons. The normalized spacial score (nSPS) is 10.9. The van der Waals surface area contributed by atoms with Crippen LogP contribution in [-0.2, 0) is 4.74 Å². The number of esters is 1. The van der Waals surface area contributed by atoms with E-state index in [2.05, 4.69) is 10.2 Å². The molecule has 3 aromatic rings. The highest BCUT2D eigenvalue weighted by atomic mass is 19.1. The lowest BCUT2D eigenvalue weighted by Gasteiger charge is -2.18. The van der Waals surface area contributed by atoms with Crippen LogP contribution in [0.15, 0.2) is 48.5 Å². The Morgan fingerprint density at radius 2 is 1.46 bits per heavy atom. The minimum atomic E-state index is -0.524. The molecular formula is C22H20F2N2O2. The summed E-state index contributed by atoms with van der Waals surface area (Å²) >= 11 is 0. The number of halogens is 2. The molecule has 2 aromatic carbocycles. The first kappa shape index (κ1) is 19.6. The predicted octanol–water partition coefficient (Wildman–Crippen LogP) is 5.39. The van der Waals surface area contributed by atoms with Crippen molar-refractivity contribution in [2.24, 2.45) is 0 Å². The smallest absolute Gasteiger partial charge is 0.340 e. The van der Waals surface area contributed by atoms with Crippen molar-refractivity contribution >= 4 is 5.97 Å². The minimum Gasteiger partial charge on any atom is -0.462 e. The van der Waals surface area contributed by atoms with Crippen LogP contribution in [0.2, 0.25) is 0 Å². The Hall–Kier alpha value is -3.15. The molecule has 0 aliphatic carbocycles. The van der Waals surface area contributed by atoms with Crippen LogP contribution in [0.3, 0.4) is 0 Å². The Balaban J connectivity index is 2.36. The van der Waals surface area contributed by atoms with Crippen molar-refractivity contribution in [1.29, 1.82) is 0 Å². The van der Waals surface area contributed by atoms with Crippen molar-refractivity contribution in [1.82, 2.24) is 10.2 Å². The summed E-state index contributed by atoms with van der Waals surface area (Å²) < 4.78 is 32.2. The Bertz CT molecular complexity index is 985. The lowest BCUT2D eigenvalue weighted by molar-refractivity contribution is 0.0524. The molecule has 0 aliphatic rings. The van der Waals surface area contributed by atoms with Crippen LogP contribution in [0, 0.1) is 11.6 Å². The molecule has 0 unspecified atom stereocenters. The Morgan fingerprint density at radius 3 is 1.96 bits per heavy atom. The number of nitrogens with zero attached hydrogens (tertiary/aromatic N) is 2. The summed E-state index contributed by atoms with van der Waals surface area (Å²) in [5.41, 5.74) is 2.86. The zero-order chi connectivity index (χ0) is 20.3. The van der Waals surface area contributed by atoms with Crippen molar-refractivity contribution in [3.8, 4) is 22.4 Å². The van der Waals surface area contributed by atoms with Gasteiger partial charge in [0.25, 0.3) is 0 Å². The maximum Gasteiger partial charge on any atom is 0.340 e. The fourth-order valence-electron chi connectivity index (χ4n) is 2.97. The van der Waals surface area contributed by atoms with E-state index in [4.69, 9.17) is 4.74 Å².